The Morgan fingerprint density at radius 1 is 0.867 bits per heavy atom. The molecule has 1 aromatic rings. The molecule has 0 saturated heterocycles. The lowest BCUT2D eigenvalue weighted by Crippen LogP contribution is -2.16. The van der Waals surface area contributed by atoms with Crippen molar-refractivity contribution in [2.24, 2.45) is 22.1 Å². The third kappa shape index (κ3) is 1.66. The van der Waals surface area contributed by atoms with E-state index in [0.29, 0.717) is 11.8 Å². The molecule has 0 radical (unpaired) electrons. The van der Waals surface area contributed by atoms with Gasteiger partial charge in [-0.1, -0.05) is 38.0 Å². The highest BCUT2D eigenvalue weighted by Gasteiger charge is 2.33. The molecule has 0 aromatic carbocycles. The Hall–Kier alpha value is -1.26. The summed E-state index contributed by atoms with van der Waals surface area (Å²) in [6, 6.07) is 0.00231. The maximum absolute atomic E-state index is 4.81. The van der Waals surface area contributed by atoms with Gasteiger partial charge in [0.05, 0.1) is 0 Å². The van der Waals surface area contributed by atoms with Crippen molar-refractivity contribution in [3.8, 4) is 0 Å². The van der Waals surface area contributed by atoms with Gasteiger partial charge in [0.1, 0.15) is 23.5 Å². The van der Waals surface area contributed by atoms with Gasteiger partial charge in [0.25, 0.3) is 0 Å². The van der Waals surface area contributed by atoms with Crippen molar-refractivity contribution in [3.05, 3.63) is 11.4 Å². The van der Waals surface area contributed by atoms with E-state index >= 15 is 0 Å². The highest BCUT2D eigenvalue weighted by Crippen LogP contribution is 2.38. The number of nitrogens with zero attached hydrogens (tertiary/aromatic N) is 4. The minimum atomic E-state index is 0.00116. The van der Waals surface area contributed by atoms with E-state index in [9.17, 15) is 0 Å². The Bertz CT molecular complexity index is 337. The number of rotatable bonds is 2. The van der Waals surface area contributed by atoms with Crippen LogP contribution in [0.25, 0.3) is 0 Å². The maximum atomic E-state index is 4.81. The van der Waals surface area contributed by atoms with E-state index in [1.807, 2.05) is 0 Å². The van der Waals surface area contributed by atoms with Gasteiger partial charge in [-0.05, 0) is 11.8 Å². The number of hydrogen-bond donors (Lipinski definition) is 0. The van der Waals surface area contributed by atoms with Gasteiger partial charge in [-0.2, -0.15) is 10.2 Å². The summed E-state index contributed by atoms with van der Waals surface area (Å²) in [4.78, 5) is 0. The topological polar surface area (TPSA) is 63.6 Å². The normalized spacial score (nSPS) is 24.9. The van der Waals surface area contributed by atoms with Gasteiger partial charge < -0.3 is 0 Å². The second-order valence-electron chi connectivity index (χ2n) is 4.64. The van der Waals surface area contributed by atoms with E-state index in [0.717, 1.165) is 11.4 Å². The fourth-order valence-corrected chi connectivity index (χ4v) is 1.76. The molecule has 0 N–H and O–H groups in total. The van der Waals surface area contributed by atoms with Gasteiger partial charge in [0.2, 0.25) is 0 Å². The van der Waals surface area contributed by atoms with Crippen LogP contribution in [0, 0.1) is 11.8 Å². The molecule has 2 atom stereocenters. The van der Waals surface area contributed by atoms with Crippen molar-refractivity contribution >= 4 is 0 Å². The number of azo groups is 1. The molecular formula is C10H16N4O. The van der Waals surface area contributed by atoms with Crippen LogP contribution in [-0.2, 0) is 0 Å². The Balaban J connectivity index is 2.39. The molecule has 1 aliphatic rings. The predicted octanol–water partition coefficient (Wildman–Crippen LogP) is 2.93. The van der Waals surface area contributed by atoms with Crippen molar-refractivity contribution in [1.82, 2.24) is 10.3 Å². The molecule has 82 valence electrons. The minimum Gasteiger partial charge on any atom is -0.244 e. The summed E-state index contributed by atoms with van der Waals surface area (Å²) in [6.07, 6.45) is 0. The summed E-state index contributed by atoms with van der Waals surface area (Å²) in [5, 5.41) is 16.5. The van der Waals surface area contributed by atoms with Crippen LogP contribution in [0.5, 0.6) is 0 Å². The zero-order valence-corrected chi connectivity index (χ0v) is 9.51. The van der Waals surface area contributed by atoms with Crippen molar-refractivity contribution in [1.29, 1.82) is 0 Å². The first-order chi connectivity index (χ1) is 7.11. The molecule has 0 amide bonds. The largest absolute Gasteiger partial charge is 0.244 e. The Kier molecular flexibility index (Phi) is 2.54. The van der Waals surface area contributed by atoms with Crippen LogP contribution in [0.4, 0.5) is 0 Å². The summed E-state index contributed by atoms with van der Waals surface area (Å²) >= 11 is 0. The molecule has 5 nitrogen and oxygen atoms in total. The highest BCUT2D eigenvalue weighted by molar-refractivity contribution is 5.20. The molecule has 2 rings (SSSR count). The fraction of sp³-hybridized carbons (Fsp3) is 0.800. The zero-order chi connectivity index (χ0) is 11.0. The molecule has 2 heterocycles. The average Bonchev–Trinajstić information content (AvgIpc) is 2.63. The molecule has 0 bridgehead atoms. The summed E-state index contributed by atoms with van der Waals surface area (Å²) < 4.78 is 4.81. The fourth-order valence-electron chi connectivity index (χ4n) is 1.76. The van der Waals surface area contributed by atoms with Gasteiger partial charge in [-0.15, -0.1) is 0 Å². The standard InChI is InChI=1S/C10H16N4O/c1-5(2)7-9-10(14-15-13-9)8(6(3)4)12-11-7/h5-8H,1-4H3. The van der Waals surface area contributed by atoms with Gasteiger partial charge in [-0.25, -0.2) is 4.63 Å². The van der Waals surface area contributed by atoms with E-state index < -0.39 is 0 Å². The molecule has 15 heavy (non-hydrogen) atoms. The number of hydrogen-bond acceptors (Lipinski definition) is 5. The molecular weight excluding hydrogens is 192 g/mol. The maximum Gasteiger partial charge on any atom is 0.137 e. The van der Waals surface area contributed by atoms with E-state index in [1.165, 1.54) is 0 Å². The first-order valence-corrected chi connectivity index (χ1v) is 5.33. The second kappa shape index (κ2) is 3.72. The van der Waals surface area contributed by atoms with Crippen LogP contribution in [0.15, 0.2) is 14.9 Å². The lowest BCUT2D eigenvalue weighted by atomic mass is 9.93. The molecule has 5 heteroatoms. The van der Waals surface area contributed by atoms with Gasteiger partial charge >= 0.3 is 0 Å². The van der Waals surface area contributed by atoms with Crippen LogP contribution in [0.3, 0.4) is 0 Å². The summed E-state index contributed by atoms with van der Waals surface area (Å²) in [7, 11) is 0. The lowest BCUT2D eigenvalue weighted by molar-refractivity contribution is 0.294. The molecule has 0 aliphatic carbocycles. The van der Waals surface area contributed by atoms with Crippen LogP contribution in [0.1, 0.15) is 51.2 Å². The molecule has 1 aliphatic heterocycles. The molecule has 1 aromatic heterocycles. The lowest BCUT2D eigenvalue weighted by Gasteiger charge is -2.22. The second-order valence-corrected chi connectivity index (χ2v) is 4.64. The molecule has 0 spiro atoms. The van der Waals surface area contributed by atoms with Crippen LogP contribution in [-0.4, -0.2) is 10.3 Å². The summed E-state index contributed by atoms with van der Waals surface area (Å²) in [5.74, 6) is 0.736. The summed E-state index contributed by atoms with van der Waals surface area (Å²) in [5.41, 5.74) is 1.72. The average molecular weight is 208 g/mol. The zero-order valence-electron chi connectivity index (χ0n) is 9.51. The van der Waals surface area contributed by atoms with Gasteiger partial charge in [0, 0.05) is 0 Å². The summed E-state index contributed by atoms with van der Waals surface area (Å²) in [6.45, 7) is 8.38. The van der Waals surface area contributed by atoms with E-state index in [4.69, 9.17) is 4.63 Å². The number of aromatic nitrogens is 2. The van der Waals surface area contributed by atoms with Crippen LogP contribution >= 0.6 is 0 Å². The minimum absolute atomic E-state index is 0.00116. The third-order valence-electron chi connectivity index (χ3n) is 2.68. The van der Waals surface area contributed by atoms with Gasteiger partial charge in [-0.3, -0.25) is 0 Å². The Labute approximate surface area is 88.9 Å². The SMILES string of the molecule is CC(C)C1N=NC(C(C)C)c2nonc21. The van der Waals surface area contributed by atoms with Crippen molar-refractivity contribution < 1.29 is 4.63 Å². The predicted molar refractivity (Wildman–Crippen MR) is 54.3 cm³/mol. The first-order valence-electron chi connectivity index (χ1n) is 5.33. The molecule has 0 saturated carbocycles. The van der Waals surface area contributed by atoms with Crippen LogP contribution in [0.2, 0.25) is 0 Å². The van der Waals surface area contributed by atoms with E-state index in [-0.39, 0.29) is 12.1 Å². The van der Waals surface area contributed by atoms with Gasteiger partial charge in [0.15, 0.2) is 0 Å². The quantitative estimate of drug-likeness (QED) is 0.750. The van der Waals surface area contributed by atoms with Crippen molar-refractivity contribution in [2.45, 2.75) is 39.8 Å². The first kappa shape index (κ1) is 10.3. The Morgan fingerprint density at radius 3 is 1.60 bits per heavy atom. The van der Waals surface area contributed by atoms with Crippen molar-refractivity contribution in [2.75, 3.05) is 0 Å². The molecule has 0 fully saturated rings. The monoisotopic (exact) mass is 208 g/mol. The van der Waals surface area contributed by atoms with E-state index in [1.54, 1.807) is 0 Å². The smallest absolute Gasteiger partial charge is 0.137 e. The third-order valence-corrected chi connectivity index (χ3v) is 2.68. The molecule has 2 unspecified atom stereocenters. The van der Waals surface area contributed by atoms with Crippen LogP contribution < -0.4 is 0 Å². The van der Waals surface area contributed by atoms with Crippen molar-refractivity contribution in [3.63, 3.8) is 0 Å². The highest BCUT2D eigenvalue weighted by atomic mass is 16.6. The number of fused-ring (bicyclic) bond motifs is 1. The van der Waals surface area contributed by atoms with E-state index in [2.05, 4.69) is 48.2 Å². The Morgan fingerprint density at radius 2 is 1.27 bits per heavy atom.